The van der Waals surface area contributed by atoms with Gasteiger partial charge in [0.25, 0.3) is 0 Å². The van der Waals surface area contributed by atoms with E-state index in [1.54, 1.807) is 0 Å². The summed E-state index contributed by atoms with van der Waals surface area (Å²) in [6.45, 7) is 6.43. The Kier molecular flexibility index (Phi) is 2.32. The summed E-state index contributed by atoms with van der Waals surface area (Å²) in [7, 11) is 3.91. The van der Waals surface area contributed by atoms with Crippen LogP contribution in [0.5, 0.6) is 0 Å². The van der Waals surface area contributed by atoms with Crippen LogP contribution >= 0.6 is 0 Å². The predicted octanol–water partition coefficient (Wildman–Crippen LogP) is -0.724. The van der Waals surface area contributed by atoms with Gasteiger partial charge in [-0.2, -0.15) is 7.05 Å². The van der Waals surface area contributed by atoms with Crippen molar-refractivity contribution in [2.24, 2.45) is 17.6 Å². The summed E-state index contributed by atoms with van der Waals surface area (Å²) in [4.78, 5) is 1.42. The monoisotopic (exact) mass is 142 g/mol. The van der Waals surface area contributed by atoms with Gasteiger partial charge in [-0.05, 0) is 0 Å². The normalized spacial score (nSPS) is 49.2. The number of nitrogens with one attached hydrogen (secondary N) is 1. The van der Waals surface area contributed by atoms with Crippen LogP contribution in [0.15, 0.2) is 0 Å². The maximum atomic E-state index is 5.69. The second-order valence-corrected chi connectivity index (χ2v) is 3.06. The van der Waals surface area contributed by atoms with E-state index in [2.05, 4.69) is 7.05 Å². The van der Waals surface area contributed by atoms with Crippen molar-refractivity contribution in [1.82, 2.24) is 0 Å². The second-order valence-electron chi connectivity index (χ2n) is 3.06. The topological polar surface area (TPSA) is 30.5 Å². The van der Waals surface area contributed by atoms with Gasteiger partial charge in [0.2, 0.25) is 0 Å². The predicted molar refractivity (Wildman–Crippen MR) is 42.4 cm³/mol. The fourth-order valence-electron chi connectivity index (χ4n) is 1.80. The van der Waals surface area contributed by atoms with Crippen molar-refractivity contribution in [1.29, 1.82) is 0 Å². The first-order chi connectivity index (χ1) is 4.79. The molecule has 0 aromatic heterocycles. The molecule has 2 aliphatic rings. The van der Waals surface area contributed by atoms with Crippen LogP contribution < -0.4 is 10.6 Å². The Bertz CT molecular complexity index is 102. The molecular weight excluding hydrogens is 124 g/mol. The standard InChI is InChI=1S/C6H12N2.C2H6/c1-8-2-4-5(3-8)6(4)7;1-2/h4-6,8H,1-3,7H2;1-2H3. The van der Waals surface area contributed by atoms with Gasteiger partial charge in [0.05, 0.1) is 13.1 Å². The fraction of sp³-hybridized carbons (Fsp3) is 0.875. The van der Waals surface area contributed by atoms with Crippen LogP contribution in [0.25, 0.3) is 0 Å². The second kappa shape index (κ2) is 2.89. The van der Waals surface area contributed by atoms with E-state index in [9.17, 15) is 0 Å². The van der Waals surface area contributed by atoms with E-state index in [0.29, 0.717) is 6.04 Å². The van der Waals surface area contributed by atoms with E-state index in [1.807, 2.05) is 13.8 Å². The first kappa shape index (κ1) is 8.02. The highest BCUT2D eigenvalue weighted by Gasteiger charge is 2.54. The number of likely N-dealkylation sites (tertiary alicyclic amines) is 1. The van der Waals surface area contributed by atoms with E-state index < -0.39 is 0 Å². The molecule has 60 valence electrons. The van der Waals surface area contributed by atoms with Crippen LogP contribution in [0, 0.1) is 18.9 Å². The van der Waals surface area contributed by atoms with Gasteiger partial charge in [0, 0.05) is 17.9 Å². The Balaban J connectivity index is 0.000000231. The molecule has 0 spiro atoms. The van der Waals surface area contributed by atoms with Crippen LogP contribution in [0.4, 0.5) is 0 Å². The van der Waals surface area contributed by atoms with Crippen LogP contribution in [-0.4, -0.2) is 19.1 Å². The van der Waals surface area contributed by atoms with Crippen molar-refractivity contribution < 1.29 is 4.90 Å². The van der Waals surface area contributed by atoms with Crippen LogP contribution in [-0.2, 0) is 0 Å². The molecular formula is C8H18N2. The molecule has 0 bridgehead atoms. The molecule has 0 aromatic rings. The molecule has 0 amide bonds. The zero-order valence-corrected chi connectivity index (χ0v) is 6.93. The minimum absolute atomic E-state index is 0.542. The third-order valence-electron chi connectivity index (χ3n) is 2.45. The van der Waals surface area contributed by atoms with E-state index in [1.165, 1.54) is 18.0 Å². The summed E-state index contributed by atoms with van der Waals surface area (Å²) in [6.07, 6.45) is 0. The molecule has 1 aliphatic carbocycles. The minimum Gasteiger partial charge on any atom is -0.467 e. The van der Waals surface area contributed by atoms with Crippen LogP contribution in [0.3, 0.4) is 0 Å². The van der Waals surface area contributed by atoms with Gasteiger partial charge in [-0.25, -0.2) is 0 Å². The third-order valence-corrected chi connectivity index (χ3v) is 2.45. The number of nitrogens with two attached hydrogens (primary N) is 1. The number of fused-ring (bicyclic) bond motifs is 1. The zero-order chi connectivity index (χ0) is 7.72. The maximum absolute atomic E-state index is 5.69. The van der Waals surface area contributed by atoms with Gasteiger partial charge in [0.1, 0.15) is 0 Å². The molecule has 2 nitrogen and oxygen atoms in total. The first-order valence-corrected chi connectivity index (χ1v) is 4.21. The molecule has 0 radical (unpaired) electrons. The van der Waals surface area contributed by atoms with Gasteiger partial charge in [-0.15, -0.1) is 0 Å². The Morgan fingerprint density at radius 1 is 1.30 bits per heavy atom. The molecule has 1 saturated heterocycles. The summed E-state index contributed by atoms with van der Waals surface area (Å²) in [5.74, 6) is 1.67. The molecule has 0 aromatic carbocycles. The van der Waals surface area contributed by atoms with Crippen LogP contribution in [0.1, 0.15) is 13.8 Å². The Morgan fingerprint density at radius 3 is 2.00 bits per heavy atom. The lowest BCUT2D eigenvalue weighted by Crippen LogP contribution is -3.06. The van der Waals surface area contributed by atoms with Crippen molar-refractivity contribution in [3.05, 3.63) is 7.05 Å². The molecule has 2 rings (SSSR count). The van der Waals surface area contributed by atoms with Crippen molar-refractivity contribution in [3.63, 3.8) is 0 Å². The average molecular weight is 142 g/mol. The van der Waals surface area contributed by atoms with Crippen molar-refractivity contribution in [3.8, 4) is 0 Å². The lowest BCUT2D eigenvalue weighted by Gasteiger charge is -2.15. The van der Waals surface area contributed by atoms with E-state index in [4.69, 9.17) is 5.73 Å². The smallest absolute Gasteiger partial charge is 0.0579 e. The SMILES string of the molecule is CC.[CH2-][NH+]1CC2C(N)C2C1. The molecule has 1 aliphatic heterocycles. The summed E-state index contributed by atoms with van der Waals surface area (Å²) in [5.41, 5.74) is 5.69. The van der Waals surface area contributed by atoms with Gasteiger partial charge < -0.3 is 10.6 Å². The van der Waals surface area contributed by atoms with Crippen molar-refractivity contribution in [2.75, 3.05) is 13.1 Å². The van der Waals surface area contributed by atoms with Gasteiger partial charge in [-0.1, -0.05) is 13.8 Å². The molecule has 1 heterocycles. The summed E-state index contributed by atoms with van der Waals surface area (Å²) < 4.78 is 0. The maximum Gasteiger partial charge on any atom is 0.0579 e. The lowest BCUT2D eigenvalue weighted by atomic mass is 10.4. The Morgan fingerprint density at radius 2 is 1.70 bits per heavy atom. The van der Waals surface area contributed by atoms with E-state index >= 15 is 0 Å². The van der Waals surface area contributed by atoms with Crippen molar-refractivity contribution >= 4 is 0 Å². The first-order valence-electron chi connectivity index (χ1n) is 4.21. The molecule has 2 unspecified atom stereocenters. The van der Waals surface area contributed by atoms with Gasteiger partial charge in [-0.3, -0.25) is 0 Å². The summed E-state index contributed by atoms with van der Waals surface area (Å²) in [6, 6.07) is 0.542. The summed E-state index contributed by atoms with van der Waals surface area (Å²) >= 11 is 0. The number of rotatable bonds is 0. The largest absolute Gasteiger partial charge is 0.467 e. The lowest BCUT2D eigenvalue weighted by molar-refractivity contribution is -0.845. The molecule has 2 atom stereocenters. The van der Waals surface area contributed by atoms with Crippen LogP contribution in [0.2, 0.25) is 0 Å². The van der Waals surface area contributed by atoms with Gasteiger partial charge in [0.15, 0.2) is 0 Å². The molecule has 2 fully saturated rings. The number of quaternary nitrogens is 1. The Labute approximate surface area is 63.4 Å². The Hall–Kier alpha value is -0.0800. The highest BCUT2D eigenvalue weighted by atomic mass is 15.2. The van der Waals surface area contributed by atoms with E-state index in [0.717, 1.165) is 11.8 Å². The average Bonchev–Trinajstić information content (AvgIpc) is 2.45. The number of piperidine rings is 1. The fourth-order valence-corrected chi connectivity index (χ4v) is 1.80. The molecule has 2 heteroatoms. The quantitative estimate of drug-likeness (QED) is 0.429. The highest BCUT2D eigenvalue weighted by molar-refractivity contribution is 5.02. The highest BCUT2D eigenvalue weighted by Crippen LogP contribution is 2.37. The molecule has 10 heavy (non-hydrogen) atoms. The third kappa shape index (κ3) is 1.18. The number of hydrogen-bond donors (Lipinski definition) is 2. The molecule has 1 saturated carbocycles. The minimum atomic E-state index is 0.542. The summed E-state index contributed by atoms with van der Waals surface area (Å²) in [5, 5.41) is 0. The van der Waals surface area contributed by atoms with E-state index in [-0.39, 0.29) is 0 Å². The van der Waals surface area contributed by atoms with Gasteiger partial charge >= 0.3 is 0 Å². The molecule has 3 N–H and O–H groups in total. The van der Waals surface area contributed by atoms with Crippen molar-refractivity contribution in [2.45, 2.75) is 19.9 Å². The number of hydrogen-bond acceptors (Lipinski definition) is 1. The zero-order valence-electron chi connectivity index (χ0n) is 6.93.